The number of nitrogens with zero attached hydrogens (tertiary/aromatic N) is 4. The van der Waals surface area contributed by atoms with Gasteiger partial charge in [0, 0.05) is 46.7 Å². The molecule has 0 spiro atoms. The molecule has 0 bridgehead atoms. The molecule has 5 aromatic rings. The molecule has 5 nitrogen and oxygen atoms in total. The lowest BCUT2D eigenvalue weighted by Crippen LogP contribution is -2.02. The Kier molecular flexibility index (Phi) is 6.19. The van der Waals surface area contributed by atoms with E-state index in [0.29, 0.717) is 6.42 Å². The molecule has 5 rings (SSSR count). The van der Waals surface area contributed by atoms with E-state index in [9.17, 15) is 0 Å². The van der Waals surface area contributed by atoms with E-state index in [1.807, 2.05) is 48.8 Å². The smallest absolute Gasteiger partial charge is 0.138 e. The number of rotatable bonds is 6. The van der Waals surface area contributed by atoms with Crippen LogP contribution >= 0.6 is 0 Å². The van der Waals surface area contributed by atoms with E-state index < -0.39 is 0 Å². The summed E-state index contributed by atoms with van der Waals surface area (Å²) in [6.45, 7) is 4.24. The van der Waals surface area contributed by atoms with Crippen LogP contribution in [-0.2, 0) is 12.8 Å². The lowest BCUT2D eigenvalue weighted by Gasteiger charge is -2.15. The molecule has 0 aliphatic rings. The molecule has 0 saturated heterocycles. The summed E-state index contributed by atoms with van der Waals surface area (Å²) in [5, 5.41) is 5.63. The van der Waals surface area contributed by atoms with Gasteiger partial charge in [0.25, 0.3) is 0 Å². The molecular formula is C30H25N5. The molecule has 0 aliphatic carbocycles. The highest BCUT2D eigenvalue weighted by molar-refractivity contribution is 5.96. The minimum atomic E-state index is 0.681. The van der Waals surface area contributed by atoms with Crippen molar-refractivity contribution in [2.45, 2.75) is 26.7 Å². The third kappa shape index (κ3) is 4.60. The molecule has 5 heteroatoms. The van der Waals surface area contributed by atoms with Gasteiger partial charge in [-0.15, -0.1) is 6.42 Å². The van der Waals surface area contributed by atoms with Crippen molar-refractivity contribution in [1.29, 1.82) is 0 Å². The second kappa shape index (κ2) is 9.74. The van der Waals surface area contributed by atoms with Gasteiger partial charge in [-0.25, -0.2) is 15.0 Å². The van der Waals surface area contributed by atoms with Gasteiger partial charge in [-0.05, 0) is 72.3 Å². The van der Waals surface area contributed by atoms with Gasteiger partial charge in [0.1, 0.15) is 12.1 Å². The molecule has 0 atom stereocenters. The highest BCUT2D eigenvalue weighted by Crippen LogP contribution is 2.32. The van der Waals surface area contributed by atoms with E-state index >= 15 is 0 Å². The number of pyridine rings is 2. The van der Waals surface area contributed by atoms with Gasteiger partial charge in [0.15, 0.2) is 0 Å². The predicted molar refractivity (Wildman–Crippen MR) is 142 cm³/mol. The fraction of sp³-hybridized carbons (Fsp3) is 0.133. The van der Waals surface area contributed by atoms with Gasteiger partial charge in [-0.2, -0.15) is 0 Å². The van der Waals surface area contributed by atoms with Crippen LogP contribution in [0.3, 0.4) is 0 Å². The van der Waals surface area contributed by atoms with Crippen molar-refractivity contribution in [2.75, 3.05) is 5.32 Å². The minimum Gasteiger partial charge on any atom is -0.340 e. The number of terminal acetylenes is 1. The fourth-order valence-electron chi connectivity index (χ4n) is 4.30. The van der Waals surface area contributed by atoms with Crippen LogP contribution in [0.1, 0.15) is 35.0 Å². The Balaban J connectivity index is 1.57. The SMILES string of the molecule is C#Cc1cccc(Nc2nccc3c(Cc4ncccc4-c4cc(CC)ncn4)c(C)ccc23)c1. The predicted octanol–water partition coefficient (Wildman–Crippen LogP) is 6.27. The molecule has 3 aromatic heterocycles. The second-order valence-electron chi connectivity index (χ2n) is 8.39. The zero-order valence-electron chi connectivity index (χ0n) is 19.8. The second-order valence-corrected chi connectivity index (χ2v) is 8.39. The maximum Gasteiger partial charge on any atom is 0.138 e. The van der Waals surface area contributed by atoms with E-state index in [1.165, 1.54) is 11.1 Å². The van der Waals surface area contributed by atoms with Gasteiger partial charge < -0.3 is 5.32 Å². The number of anilines is 2. The van der Waals surface area contributed by atoms with Crippen molar-refractivity contribution in [3.05, 3.63) is 107 Å². The van der Waals surface area contributed by atoms with Crippen LogP contribution in [0.25, 0.3) is 22.0 Å². The summed E-state index contributed by atoms with van der Waals surface area (Å²) >= 11 is 0. The van der Waals surface area contributed by atoms with Gasteiger partial charge in [-0.1, -0.05) is 31.0 Å². The molecule has 0 saturated carbocycles. The third-order valence-corrected chi connectivity index (χ3v) is 6.18. The zero-order chi connectivity index (χ0) is 24.2. The van der Waals surface area contributed by atoms with E-state index in [-0.39, 0.29) is 0 Å². The average molecular weight is 456 g/mol. The van der Waals surface area contributed by atoms with E-state index in [2.05, 4.69) is 64.3 Å². The Labute approximate surface area is 205 Å². The largest absolute Gasteiger partial charge is 0.340 e. The lowest BCUT2D eigenvalue weighted by atomic mass is 9.94. The summed E-state index contributed by atoms with van der Waals surface area (Å²) in [5.41, 5.74) is 8.08. The Bertz CT molecular complexity index is 1570. The summed E-state index contributed by atoms with van der Waals surface area (Å²) in [6, 6.07) is 20.2. The number of aromatic nitrogens is 4. The number of fused-ring (bicyclic) bond motifs is 1. The van der Waals surface area contributed by atoms with Crippen LogP contribution in [-0.4, -0.2) is 19.9 Å². The maximum absolute atomic E-state index is 5.58. The summed E-state index contributed by atoms with van der Waals surface area (Å²) in [4.78, 5) is 18.3. The number of hydrogen-bond donors (Lipinski definition) is 1. The van der Waals surface area contributed by atoms with Gasteiger partial charge in [0.2, 0.25) is 0 Å². The Hall–Kier alpha value is -4.56. The first-order valence-corrected chi connectivity index (χ1v) is 11.6. The standard InChI is InChI=1S/C30H25N5/c1-4-21-8-6-9-23(16-21)35-30-25-12-11-20(3)27(24(25)13-15-32-30)18-29-26(10-7-14-31-29)28-17-22(5-2)33-19-34-28/h1,6-17,19H,5,18H2,2-3H3,(H,32,35). The molecular weight excluding hydrogens is 430 g/mol. The Morgan fingerprint density at radius 3 is 2.66 bits per heavy atom. The summed E-state index contributed by atoms with van der Waals surface area (Å²) in [6.07, 6.45) is 12.4. The molecule has 0 amide bonds. The van der Waals surface area contributed by atoms with Crippen LogP contribution in [0.5, 0.6) is 0 Å². The Morgan fingerprint density at radius 2 is 1.80 bits per heavy atom. The van der Waals surface area contributed by atoms with Crippen LogP contribution in [0.15, 0.2) is 79.4 Å². The van der Waals surface area contributed by atoms with Crippen molar-refractivity contribution < 1.29 is 0 Å². The average Bonchev–Trinajstić information content (AvgIpc) is 2.91. The normalized spacial score (nSPS) is 10.8. The molecule has 0 unspecified atom stereocenters. The molecule has 3 heterocycles. The van der Waals surface area contributed by atoms with Gasteiger partial charge in [0.05, 0.1) is 11.4 Å². The van der Waals surface area contributed by atoms with Crippen LogP contribution in [0.4, 0.5) is 11.5 Å². The van der Waals surface area contributed by atoms with Crippen molar-refractivity contribution in [3.63, 3.8) is 0 Å². The first-order chi connectivity index (χ1) is 17.2. The summed E-state index contributed by atoms with van der Waals surface area (Å²) in [5.74, 6) is 3.48. The van der Waals surface area contributed by atoms with Crippen molar-refractivity contribution in [1.82, 2.24) is 19.9 Å². The van der Waals surface area contributed by atoms with Gasteiger partial charge in [-0.3, -0.25) is 4.98 Å². The fourth-order valence-corrected chi connectivity index (χ4v) is 4.30. The van der Waals surface area contributed by atoms with E-state index in [0.717, 1.165) is 56.9 Å². The van der Waals surface area contributed by atoms with Crippen LogP contribution in [0, 0.1) is 19.3 Å². The minimum absolute atomic E-state index is 0.681. The lowest BCUT2D eigenvalue weighted by molar-refractivity contribution is 0.995. The molecule has 1 N–H and O–H groups in total. The Morgan fingerprint density at radius 1 is 0.886 bits per heavy atom. The molecule has 0 radical (unpaired) electrons. The quantitative estimate of drug-likeness (QED) is 0.306. The molecule has 0 fully saturated rings. The van der Waals surface area contributed by atoms with E-state index in [1.54, 1.807) is 6.33 Å². The number of nitrogens with one attached hydrogen (secondary N) is 1. The third-order valence-electron chi connectivity index (χ3n) is 6.18. The first-order valence-electron chi connectivity index (χ1n) is 11.6. The number of benzene rings is 2. The first kappa shape index (κ1) is 22.2. The highest BCUT2D eigenvalue weighted by Gasteiger charge is 2.14. The highest BCUT2D eigenvalue weighted by atomic mass is 15.0. The van der Waals surface area contributed by atoms with E-state index in [4.69, 9.17) is 11.4 Å². The molecule has 2 aromatic carbocycles. The summed E-state index contributed by atoms with van der Waals surface area (Å²) in [7, 11) is 0. The maximum atomic E-state index is 5.58. The van der Waals surface area contributed by atoms with Crippen LogP contribution < -0.4 is 5.32 Å². The van der Waals surface area contributed by atoms with Gasteiger partial charge >= 0.3 is 0 Å². The molecule has 0 aliphatic heterocycles. The monoisotopic (exact) mass is 455 g/mol. The van der Waals surface area contributed by atoms with Crippen molar-refractivity contribution >= 4 is 22.3 Å². The number of aryl methyl sites for hydroxylation is 2. The van der Waals surface area contributed by atoms with Crippen LogP contribution in [0.2, 0.25) is 0 Å². The summed E-state index contributed by atoms with van der Waals surface area (Å²) < 4.78 is 0. The van der Waals surface area contributed by atoms with Crippen molar-refractivity contribution in [3.8, 4) is 23.6 Å². The zero-order valence-corrected chi connectivity index (χ0v) is 19.8. The van der Waals surface area contributed by atoms with Crippen molar-refractivity contribution in [2.24, 2.45) is 0 Å². The number of hydrogen-bond acceptors (Lipinski definition) is 5. The topological polar surface area (TPSA) is 63.6 Å². The molecule has 170 valence electrons. The molecule has 35 heavy (non-hydrogen) atoms.